The van der Waals surface area contributed by atoms with Crippen LogP contribution >= 0.6 is 11.8 Å². The Morgan fingerprint density at radius 2 is 2.00 bits per heavy atom. The number of hydrogen-bond acceptors (Lipinski definition) is 3. The van der Waals surface area contributed by atoms with Crippen molar-refractivity contribution in [2.75, 3.05) is 19.0 Å². The number of rotatable bonds is 4. The summed E-state index contributed by atoms with van der Waals surface area (Å²) in [6.07, 6.45) is 2.02. The maximum absolute atomic E-state index is 5.51. The van der Waals surface area contributed by atoms with Crippen molar-refractivity contribution in [2.24, 2.45) is 0 Å². The zero-order valence-electron chi connectivity index (χ0n) is 9.65. The van der Waals surface area contributed by atoms with Gasteiger partial charge >= 0.3 is 0 Å². The molecule has 2 rings (SSSR count). The molecule has 0 radical (unpaired) electrons. The van der Waals surface area contributed by atoms with E-state index in [-0.39, 0.29) is 6.29 Å². The fourth-order valence-electron chi connectivity index (χ4n) is 1.69. The number of thioether (sulfide) groups is 1. The Morgan fingerprint density at radius 1 is 1.25 bits per heavy atom. The smallest absolute Gasteiger partial charge is 0.158 e. The van der Waals surface area contributed by atoms with Crippen molar-refractivity contribution in [1.29, 1.82) is 0 Å². The summed E-state index contributed by atoms with van der Waals surface area (Å²) in [4.78, 5) is 1.36. The highest BCUT2D eigenvalue weighted by Gasteiger charge is 2.13. The maximum atomic E-state index is 5.51. The summed E-state index contributed by atoms with van der Waals surface area (Å²) < 4.78 is 11.0. The van der Waals surface area contributed by atoms with Crippen LogP contribution in [0.4, 0.5) is 0 Å². The van der Waals surface area contributed by atoms with Crippen LogP contribution in [0.25, 0.3) is 0 Å². The molecule has 0 amide bonds. The van der Waals surface area contributed by atoms with E-state index in [1.165, 1.54) is 10.5 Å². The van der Waals surface area contributed by atoms with Crippen LogP contribution in [0.3, 0.4) is 0 Å². The van der Waals surface area contributed by atoms with E-state index < -0.39 is 0 Å². The molecule has 1 aliphatic rings. The van der Waals surface area contributed by atoms with Crippen molar-refractivity contribution in [3.63, 3.8) is 0 Å². The molecule has 88 valence electrons. The zero-order chi connectivity index (χ0) is 11.2. The van der Waals surface area contributed by atoms with Gasteiger partial charge in [-0.3, -0.25) is 0 Å². The van der Waals surface area contributed by atoms with Gasteiger partial charge in [-0.1, -0.05) is 18.2 Å². The standard InChI is InChI=1S/C13H18O2S/c1-11-5-2-3-6-12(11)16-10-7-13-14-8-4-9-15-13/h2-3,5-6,13H,4,7-10H2,1H3. The fraction of sp³-hybridized carbons (Fsp3) is 0.538. The summed E-state index contributed by atoms with van der Waals surface area (Å²) in [5.41, 5.74) is 1.35. The maximum Gasteiger partial charge on any atom is 0.158 e. The summed E-state index contributed by atoms with van der Waals surface area (Å²) in [6.45, 7) is 3.84. The van der Waals surface area contributed by atoms with Crippen LogP contribution in [0.2, 0.25) is 0 Å². The number of benzene rings is 1. The van der Waals surface area contributed by atoms with Crippen molar-refractivity contribution >= 4 is 11.8 Å². The van der Waals surface area contributed by atoms with E-state index in [0.717, 1.165) is 31.8 Å². The van der Waals surface area contributed by atoms with Crippen molar-refractivity contribution in [3.05, 3.63) is 29.8 Å². The SMILES string of the molecule is Cc1ccccc1SCCC1OCCCO1. The molecule has 0 aliphatic carbocycles. The molecule has 1 heterocycles. The van der Waals surface area contributed by atoms with Gasteiger partial charge in [0.25, 0.3) is 0 Å². The average Bonchev–Trinajstić information content (AvgIpc) is 2.33. The van der Waals surface area contributed by atoms with Crippen LogP contribution in [0.1, 0.15) is 18.4 Å². The second-order valence-corrected chi connectivity index (χ2v) is 5.06. The highest BCUT2D eigenvalue weighted by Crippen LogP contribution is 2.23. The second-order valence-electron chi connectivity index (χ2n) is 3.93. The summed E-state index contributed by atoms with van der Waals surface area (Å²) in [5, 5.41) is 0. The third-order valence-electron chi connectivity index (χ3n) is 2.60. The lowest BCUT2D eigenvalue weighted by Gasteiger charge is -2.22. The first-order chi connectivity index (χ1) is 7.86. The summed E-state index contributed by atoms with van der Waals surface area (Å²) in [7, 11) is 0. The molecule has 0 aromatic heterocycles. The Bertz CT molecular complexity index is 321. The molecule has 1 aliphatic heterocycles. The van der Waals surface area contributed by atoms with Gasteiger partial charge in [0.1, 0.15) is 0 Å². The highest BCUT2D eigenvalue weighted by molar-refractivity contribution is 7.99. The third kappa shape index (κ3) is 3.51. The molecule has 1 saturated heterocycles. The molecule has 1 fully saturated rings. The van der Waals surface area contributed by atoms with Gasteiger partial charge in [-0.25, -0.2) is 0 Å². The van der Waals surface area contributed by atoms with E-state index in [9.17, 15) is 0 Å². The van der Waals surface area contributed by atoms with Gasteiger partial charge in [-0.2, -0.15) is 0 Å². The first kappa shape index (κ1) is 12.0. The first-order valence-corrected chi connectivity index (χ1v) is 6.76. The van der Waals surface area contributed by atoms with Crippen LogP contribution in [0.15, 0.2) is 29.2 Å². The lowest BCUT2D eigenvalue weighted by atomic mass is 10.2. The molecule has 1 aromatic carbocycles. The monoisotopic (exact) mass is 238 g/mol. The topological polar surface area (TPSA) is 18.5 Å². The number of aryl methyl sites for hydroxylation is 1. The van der Waals surface area contributed by atoms with E-state index in [1.807, 2.05) is 11.8 Å². The van der Waals surface area contributed by atoms with Crippen molar-refractivity contribution in [1.82, 2.24) is 0 Å². The molecule has 0 unspecified atom stereocenters. The van der Waals surface area contributed by atoms with E-state index >= 15 is 0 Å². The summed E-state index contributed by atoms with van der Waals surface area (Å²) in [6, 6.07) is 8.48. The lowest BCUT2D eigenvalue weighted by molar-refractivity contribution is -0.178. The predicted molar refractivity (Wildman–Crippen MR) is 66.8 cm³/mol. The van der Waals surface area contributed by atoms with Gasteiger partial charge in [-0.05, 0) is 25.0 Å². The van der Waals surface area contributed by atoms with Gasteiger partial charge in [-0.15, -0.1) is 11.8 Å². The molecule has 0 saturated carbocycles. The number of hydrogen-bond donors (Lipinski definition) is 0. The van der Waals surface area contributed by atoms with Gasteiger partial charge in [0.05, 0.1) is 13.2 Å². The minimum absolute atomic E-state index is 0.0188. The first-order valence-electron chi connectivity index (χ1n) is 5.78. The molecule has 0 bridgehead atoms. The van der Waals surface area contributed by atoms with E-state index in [0.29, 0.717) is 0 Å². The second kappa shape index (κ2) is 6.28. The van der Waals surface area contributed by atoms with E-state index in [1.54, 1.807) is 0 Å². The summed E-state index contributed by atoms with van der Waals surface area (Å²) in [5.74, 6) is 1.05. The van der Waals surface area contributed by atoms with Gasteiger partial charge in [0.2, 0.25) is 0 Å². The molecular formula is C13H18O2S. The molecule has 0 atom stereocenters. The van der Waals surface area contributed by atoms with Crippen molar-refractivity contribution in [3.8, 4) is 0 Å². The largest absolute Gasteiger partial charge is 0.353 e. The average molecular weight is 238 g/mol. The van der Waals surface area contributed by atoms with Crippen LogP contribution < -0.4 is 0 Å². The quantitative estimate of drug-likeness (QED) is 0.750. The predicted octanol–water partition coefficient (Wildman–Crippen LogP) is 3.24. The third-order valence-corrected chi connectivity index (χ3v) is 3.81. The Balaban J connectivity index is 1.73. The molecule has 1 aromatic rings. The summed E-state index contributed by atoms with van der Waals surface area (Å²) >= 11 is 1.88. The minimum atomic E-state index is 0.0188. The van der Waals surface area contributed by atoms with E-state index in [4.69, 9.17) is 9.47 Å². The molecular weight excluding hydrogens is 220 g/mol. The van der Waals surface area contributed by atoms with Gasteiger partial charge < -0.3 is 9.47 Å². The molecule has 2 nitrogen and oxygen atoms in total. The number of ether oxygens (including phenoxy) is 2. The normalized spacial score (nSPS) is 17.6. The van der Waals surface area contributed by atoms with Gasteiger partial charge in [0.15, 0.2) is 6.29 Å². The Labute approximate surface area is 101 Å². The fourth-order valence-corrected chi connectivity index (χ4v) is 2.69. The molecule has 0 N–H and O–H groups in total. The zero-order valence-corrected chi connectivity index (χ0v) is 10.5. The van der Waals surface area contributed by atoms with Gasteiger partial charge in [0, 0.05) is 17.1 Å². The Morgan fingerprint density at radius 3 is 2.75 bits per heavy atom. The highest BCUT2D eigenvalue weighted by atomic mass is 32.2. The molecule has 0 spiro atoms. The Kier molecular flexibility index (Phi) is 4.69. The van der Waals surface area contributed by atoms with Crippen LogP contribution in [-0.4, -0.2) is 25.3 Å². The molecule has 16 heavy (non-hydrogen) atoms. The van der Waals surface area contributed by atoms with Crippen molar-refractivity contribution < 1.29 is 9.47 Å². The van der Waals surface area contributed by atoms with E-state index in [2.05, 4.69) is 31.2 Å². The molecule has 3 heteroatoms. The van der Waals surface area contributed by atoms with Crippen LogP contribution in [0.5, 0.6) is 0 Å². The lowest BCUT2D eigenvalue weighted by Crippen LogP contribution is -2.25. The van der Waals surface area contributed by atoms with Crippen LogP contribution in [0, 0.1) is 6.92 Å². The Hall–Kier alpha value is -0.510. The minimum Gasteiger partial charge on any atom is -0.353 e. The van der Waals surface area contributed by atoms with Crippen molar-refractivity contribution in [2.45, 2.75) is 31.0 Å². The van der Waals surface area contributed by atoms with Crippen LogP contribution in [-0.2, 0) is 9.47 Å².